The lowest BCUT2D eigenvalue weighted by molar-refractivity contribution is 0.581. The van der Waals surface area contributed by atoms with Gasteiger partial charge in [0.2, 0.25) is 10.0 Å². The van der Waals surface area contributed by atoms with Gasteiger partial charge in [0.1, 0.15) is 9.84 Å². The molecule has 0 fully saturated rings. The maximum absolute atomic E-state index is 11.8. The third kappa shape index (κ3) is 5.37. The number of sulfone groups is 1. The van der Waals surface area contributed by atoms with Gasteiger partial charge in [-0.25, -0.2) is 30.0 Å². The molecule has 11 heteroatoms. The Morgan fingerprint density at radius 2 is 1.40 bits per heavy atom. The molecule has 0 atom stereocenters. The van der Waals surface area contributed by atoms with Crippen LogP contribution in [-0.4, -0.2) is 43.8 Å². The van der Waals surface area contributed by atoms with Crippen LogP contribution < -0.4 is 4.72 Å². The van der Waals surface area contributed by atoms with Crippen LogP contribution in [0.4, 0.5) is 0 Å². The summed E-state index contributed by atoms with van der Waals surface area (Å²) in [5.41, 5.74) is 0. The SMILES string of the molecule is CS(=O)(=O)CCNS(=O)(=O)c1ccc(S(=O)(=O)Cl)cc1. The first-order valence-electron chi connectivity index (χ1n) is 5.14. The summed E-state index contributed by atoms with van der Waals surface area (Å²) >= 11 is 0. The van der Waals surface area contributed by atoms with Crippen molar-refractivity contribution in [2.75, 3.05) is 18.6 Å². The lowest BCUT2D eigenvalue weighted by Crippen LogP contribution is -2.28. The molecule has 1 aromatic rings. The van der Waals surface area contributed by atoms with Gasteiger partial charge in [-0.05, 0) is 24.3 Å². The highest BCUT2D eigenvalue weighted by Crippen LogP contribution is 2.17. The molecule has 0 aromatic heterocycles. The Kier molecular flexibility index (Phi) is 5.19. The van der Waals surface area contributed by atoms with Crippen LogP contribution in [0.15, 0.2) is 34.1 Å². The number of benzene rings is 1. The number of hydrogen-bond donors (Lipinski definition) is 1. The summed E-state index contributed by atoms with van der Waals surface area (Å²) in [6.45, 7) is -0.267. The highest BCUT2D eigenvalue weighted by molar-refractivity contribution is 8.13. The van der Waals surface area contributed by atoms with E-state index in [1.165, 1.54) is 0 Å². The molecule has 0 aliphatic heterocycles. The molecule has 0 bridgehead atoms. The molecule has 1 aromatic carbocycles. The Labute approximate surface area is 122 Å². The van der Waals surface area contributed by atoms with Gasteiger partial charge in [0.15, 0.2) is 0 Å². The summed E-state index contributed by atoms with van der Waals surface area (Å²) in [6, 6.07) is 4.23. The normalized spacial score (nSPS) is 13.3. The molecule has 0 unspecified atom stereocenters. The van der Waals surface area contributed by atoms with E-state index < -0.39 is 28.9 Å². The van der Waals surface area contributed by atoms with Crippen LogP contribution in [0.2, 0.25) is 0 Å². The molecule has 0 aliphatic carbocycles. The first kappa shape index (κ1) is 17.4. The second kappa shape index (κ2) is 5.98. The lowest BCUT2D eigenvalue weighted by atomic mass is 10.4. The van der Waals surface area contributed by atoms with Gasteiger partial charge in [0.25, 0.3) is 9.05 Å². The summed E-state index contributed by atoms with van der Waals surface area (Å²) in [5, 5.41) is 0. The van der Waals surface area contributed by atoms with Crippen LogP contribution >= 0.6 is 10.7 Å². The number of rotatable bonds is 6. The van der Waals surface area contributed by atoms with E-state index in [0.717, 1.165) is 30.5 Å². The first-order valence-corrected chi connectivity index (χ1v) is 11.0. The second-order valence-electron chi connectivity index (χ2n) is 3.94. The zero-order valence-electron chi connectivity index (χ0n) is 10.3. The van der Waals surface area contributed by atoms with Crippen LogP contribution in [0.3, 0.4) is 0 Å². The smallest absolute Gasteiger partial charge is 0.229 e. The van der Waals surface area contributed by atoms with E-state index in [9.17, 15) is 25.3 Å². The Bertz CT molecular complexity index is 781. The van der Waals surface area contributed by atoms with Gasteiger partial charge in [-0.1, -0.05) is 0 Å². The summed E-state index contributed by atoms with van der Waals surface area (Å²) in [4.78, 5) is -0.413. The van der Waals surface area contributed by atoms with Gasteiger partial charge in [-0.15, -0.1) is 0 Å². The monoisotopic (exact) mass is 361 g/mol. The first-order chi connectivity index (χ1) is 8.92. The molecule has 1 N–H and O–H groups in total. The van der Waals surface area contributed by atoms with Gasteiger partial charge in [-0.2, -0.15) is 0 Å². The standard InChI is InChI=1S/C9H12ClNO6S3/c1-18(12,13)7-6-11-20(16,17)9-4-2-8(3-5-9)19(10,14)15/h2-5,11H,6-7H2,1H3. The molecule has 1 rings (SSSR count). The quantitative estimate of drug-likeness (QED) is 0.710. The lowest BCUT2D eigenvalue weighted by Gasteiger charge is -2.06. The maximum Gasteiger partial charge on any atom is 0.261 e. The molecule has 0 radical (unpaired) electrons. The molecule has 0 amide bonds. The molecular formula is C9H12ClNO6S3. The molecule has 20 heavy (non-hydrogen) atoms. The van der Waals surface area contributed by atoms with Gasteiger partial charge in [0, 0.05) is 23.5 Å². The van der Waals surface area contributed by atoms with E-state index in [-0.39, 0.29) is 22.1 Å². The van der Waals surface area contributed by atoms with Crippen molar-refractivity contribution in [2.24, 2.45) is 0 Å². The number of nitrogens with one attached hydrogen (secondary N) is 1. The van der Waals surface area contributed by atoms with E-state index in [1.807, 2.05) is 0 Å². The van der Waals surface area contributed by atoms with E-state index >= 15 is 0 Å². The van der Waals surface area contributed by atoms with Crippen LogP contribution in [-0.2, 0) is 28.9 Å². The Balaban J connectivity index is 2.89. The zero-order valence-corrected chi connectivity index (χ0v) is 13.5. The third-order valence-corrected chi connectivity index (χ3v) is 5.97. The van der Waals surface area contributed by atoms with Crippen molar-refractivity contribution < 1.29 is 25.3 Å². The highest BCUT2D eigenvalue weighted by Gasteiger charge is 2.16. The molecule has 0 spiro atoms. The van der Waals surface area contributed by atoms with Gasteiger partial charge >= 0.3 is 0 Å². The minimum absolute atomic E-state index is 0.185. The van der Waals surface area contributed by atoms with E-state index in [4.69, 9.17) is 10.7 Å². The predicted octanol–water partition coefficient (Wildman–Crippen LogP) is -0.0630. The Hall–Kier alpha value is -0.680. The third-order valence-electron chi connectivity index (χ3n) is 2.18. The molecule has 0 heterocycles. The molecular weight excluding hydrogens is 350 g/mol. The van der Waals surface area contributed by atoms with Crippen molar-refractivity contribution in [2.45, 2.75) is 9.79 Å². The van der Waals surface area contributed by atoms with Gasteiger partial charge in [-0.3, -0.25) is 0 Å². The van der Waals surface area contributed by atoms with Crippen LogP contribution in [0.5, 0.6) is 0 Å². The largest absolute Gasteiger partial charge is 0.261 e. The van der Waals surface area contributed by atoms with Gasteiger partial charge < -0.3 is 0 Å². The molecule has 114 valence electrons. The van der Waals surface area contributed by atoms with Crippen LogP contribution in [0.25, 0.3) is 0 Å². The molecule has 0 saturated carbocycles. The zero-order chi connectivity index (χ0) is 15.6. The summed E-state index contributed by atoms with van der Waals surface area (Å²) in [7, 11) is -6.00. The molecule has 0 saturated heterocycles. The minimum atomic E-state index is -3.92. The van der Waals surface area contributed by atoms with E-state index in [1.54, 1.807) is 0 Å². The fourth-order valence-electron chi connectivity index (χ4n) is 1.23. The molecule has 0 aliphatic rings. The fraction of sp³-hybridized carbons (Fsp3) is 0.333. The molecule has 7 nitrogen and oxygen atoms in total. The van der Waals surface area contributed by atoms with Crippen molar-refractivity contribution in [1.82, 2.24) is 4.72 Å². The average Bonchev–Trinajstić information content (AvgIpc) is 2.26. The topological polar surface area (TPSA) is 114 Å². The van der Waals surface area contributed by atoms with E-state index in [2.05, 4.69) is 4.72 Å². The summed E-state index contributed by atoms with van der Waals surface area (Å²) in [5.74, 6) is -0.333. The van der Waals surface area contributed by atoms with Crippen molar-refractivity contribution in [3.63, 3.8) is 0 Å². The van der Waals surface area contributed by atoms with Crippen LogP contribution in [0.1, 0.15) is 0 Å². The number of halogens is 1. The minimum Gasteiger partial charge on any atom is -0.229 e. The van der Waals surface area contributed by atoms with E-state index in [0.29, 0.717) is 0 Å². The Morgan fingerprint density at radius 1 is 0.950 bits per heavy atom. The summed E-state index contributed by atoms with van der Waals surface area (Å²) in [6.07, 6.45) is 0.988. The second-order valence-corrected chi connectivity index (χ2v) is 10.5. The van der Waals surface area contributed by atoms with Crippen molar-refractivity contribution in [3.05, 3.63) is 24.3 Å². The van der Waals surface area contributed by atoms with Gasteiger partial charge in [0.05, 0.1) is 15.5 Å². The van der Waals surface area contributed by atoms with Crippen molar-refractivity contribution in [3.8, 4) is 0 Å². The predicted molar refractivity (Wildman–Crippen MR) is 74.4 cm³/mol. The maximum atomic E-state index is 11.8. The Morgan fingerprint density at radius 3 is 1.80 bits per heavy atom. The van der Waals surface area contributed by atoms with Crippen molar-refractivity contribution in [1.29, 1.82) is 0 Å². The number of sulfonamides is 1. The van der Waals surface area contributed by atoms with Crippen LogP contribution in [0, 0.1) is 0 Å². The fourth-order valence-corrected chi connectivity index (χ4v) is 3.63. The average molecular weight is 362 g/mol. The number of hydrogen-bond acceptors (Lipinski definition) is 6. The highest BCUT2D eigenvalue weighted by atomic mass is 35.7. The summed E-state index contributed by atoms with van der Waals surface area (Å²) < 4.78 is 69.5. The van der Waals surface area contributed by atoms with Crippen molar-refractivity contribution >= 4 is 39.6 Å².